The molecule has 5 heteroatoms. The van der Waals surface area contributed by atoms with E-state index < -0.39 is 0 Å². The molecular weight excluding hydrogens is 318 g/mol. The molecule has 24 heavy (non-hydrogen) atoms. The highest BCUT2D eigenvalue weighted by molar-refractivity contribution is 7.13. The Morgan fingerprint density at radius 3 is 2.54 bits per heavy atom. The third kappa shape index (κ3) is 4.43. The van der Waals surface area contributed by atoms with Crippen molar-refractivity contribution in [1.29, 1.82) is 0 Å². The normalized spacial score (nSPS) is 11.3. The molecule has 122 valence electrons. The molecule has 2 aromatic carbocycles. The number of ether oxygens (including phenoxy) is 1. The largest absolute Gasteiger partial charge is 0.489 e. The Labute approximate surface area is 145 Å². The highest BCUT2D eigenvalue weighted by Gasteiger charge is 2.01. The summed E-state index contributed by atoms with van der Waals surface area (Å²) in [7, 11) is 0. The first-order valence-electron chi connectivity index (χ1n) is 7.70. The molecule has 0 fully saturated rings. The Bertz CT molecular complexity index is 810. The Hall–Kier alpha value is -2.66. The average Bonchev–Trinajstić information content (AvgIpc) is 3.04. The second-order valence-corrected chi connectivity index (χ2v) is 6.26. The van der Waals surface area contributed by atoms with E-state index in [9.17, 15) is 0 Å². The molecule has 0 aliphatic rings. The van der Waals surface area contributed by atoms with Gasteiger partial charge in [-0.3, -0.25) is 5.43 Å². The van der Waals surface area contributed by atoms with Crippen molar-refractivity contribution in [2.75, 3.05) is 5.43 Å². The van der Waals surface area contributed by atoms with E-state index in [1.807, 2.05) is 61.7 Å². The fraction of sp³-hybridized carbons (Fsp3) is 0.158. The molecule has 3 aromatic rings. The van der Waals surface area contributed by atoms with E-state index in [1.54, 1.807) is 11.3 Å². The lowest BCUT2D eigenvalue weighted by Crippen LogP contribution is -2.00. The number of thiazole rings is 1. The topological polar surface area (TPSA) is 46.5 Å². The van der Waals surface area contributed by atoms with Crippen molar-refractivity contribution in [2.45, 2.75) is 20.5 Å². The monoisotopic (exact) mass is 337 g/mol. The van der Waals surface area contributed by atoms with Crippen LogP contribution in [-0.4, -0.2) is 10.7 Å². The molecule has 0 radical (unpaired) electrons. The summed E-state index contributed by atoms with van der Waals surface area (Å²) in [5.74, 6) is 0.846. The van der Waals surface area contributed by atoms with Crippen molar-refractivity contribution in [3.63, 3.8) is 0 Å². The summed E-state index contributed by atoms with van der Waals surface area (Å²) in [6.07, 6.45) is 0. The molecule has 0 aliphatic heterocycles. The maximum Gasteiger partial charge on any atom is 0.203 e. The number of aryl methyl sites for hydroxylation is 1. The molecule has 0 atom stereocenters. The lowest BCUT2D eigenvalue weighted by Gasteiger charge is -2.07. The van der Waals surface area contributed by atoms with Gasteiger partial charge in [0.1, 0.15) is 12.4 Å². The fourth-order valence-corrected chi connectivity index (χ4v) is 2.76. The number of hydrazone groups is 1. The number of rotatable bonds is 6. The van der Waals surface area contributed by atoms with Gasteiger partial charge in [0.25, 0.3) is 0 Å². The van der Waals surface area contributed by atoms with Crippen molar-refractivity contribution >= 4 is 22.2 Å². The number of anilines is 1. The fourth-order valence-electron chi connectivity index (χ4n) is 2.13. The van der Waals surface area contributed by atoms with Crippen LogP contribution in [0.25, 0.3) is 0 Å². The second-order valence-electron chi connectivity index (χ2n) is 5.40. The van der Waals surface area contributed by atoms with Gasteiger partial charge in [0.05, 0.1) is 11.4 Å². The molecule has 0 aliphatic carbocycles. The van der Waals surface area contributed by atoms with Crippen LogP contribution in [-0.2, 0) is 6.61 Å². The summed E-state index contributed by atoms with van der Waals surface area (Å²) in [4.78, 5) is 4.32. The van der Waals surface area contributed by atoms with Crippen molar-refractivity contribution in [1.82, 2.24) is 4.98 Å². The van der Waals surface area contributed by atoms with Crippen LogP contribution in [0.2, 0.25) is 0 Å². The number of hydrogen-bond acceptors (Lipinski definition) is 5. The Kier molecular flexibility index (Phi) is 5.23. The van der Waals surface area contributed by atoms with Crippen LogP contribution in [0.3, 0.4) is 0 Å². The predicted molar refractivity (Wildman–Crippen MR) is 99.9 cm³/mol. The van der Waals surface area contributed by atoms with E-state index in [4.69, 9.17) is 4.74 Å². The van der Waals surface area contributed by atoms with Crippen molar-refractivity contribution in [3.8, 4) is 5.75 Å². The summed E-state index contributed by atoms with van der Waals surface area (Å²) in [6.45, 7) is 4.50. The Morgan fingerprint density at radius 1 is 1.12 bits per heavy atom. The lowest BCUT2D eigenvalue weighted by molar-refractivity contribution is 0.306. The number of hydrogen-bond donors (Lipinski definition) is 1. The van der Waals surface area contributed by atoms with Gasteiger partial charge in [0.2, 0.25) is 5.13 Å². The molecule has 1 heterocycles. The van der Waals surface area contributed by atoms with Gasteiger partial charge in [0, 0.05) is 5.38 Å². The minimum absolute atomic E-state index is 0.568. The summed E-state index contributed by atoms with van der Waals surface area (Å²) in [5, 5.41) is 7.17. The van der Waals surface area contributed by atoms with E-state index in [-0.39, 0.29) is 0 Å². The standard InChI is InChI=1S/C19H19N3OS/c1-14-13-24-19(20-14)22-21-15(2)17-8-10-18(11-9-17)23-12-16-6-4-3-5-7-16/h3-11,13H,12H2,1-2H3,(H,20,22)/b21-15-. The van der Waals surface area contributed by atoms with Crippen LogP contribution in [0.5, 0.6) is 5.75 Å². The summed E-state index contributed by atoms with van der Waals surface area (Å²) < 4.78 is 5.80. The Balaban J connectivity index is 1.59. The maximum absolute atomic E-state index is 5.80. The first kappa shape index (κ1) is 16.2. The third-order valence-corrected chi connectivity index (χ3v) is 4.32. The van der Waals surface area contributed by atoms with Crippen LogP contribution in [0.15, 0.2) is 65.1 Å². The summed E-state index contributed by atoms with van der Waals surface area (Å²) in [5.41, 5.74) is 7.08. The van der Waals surface area contributed by atoms with E-state index in [0.717, 1.165) is 33.4 Å². The first-order chi connectivity index (χ1) is 11.7. The van der Waals surface area contributed by atoms with Crippen LogP contribution in [0.4, 0.5) is 5.13 Å². The van der Waals surface area contributed by atoms with Crippen molar-refractivity contribution < 1.29 is 4.74 Å². The molecule has 0 spiro atoms. The van der Waals surface area contributed by atoms with E-state index in [2.05, 4.69) is 27.6 Å². The number of nitrogens with one attached hydrogen (secondary N) is 1. The molecule has 1 N–H and O–H groups in total. The van der Waals surface area contributed by atoms with Gasteiger partial charge in [0.15, 0.2) is 0 Å². The molecule has 0 bridgehead atoms. The van der Waals surface area contributed by atoms with Gasteiger partial charge in [-0.15, -0.1) is 11.3 Å². The maximum atomic E-state index is 5.80. The van der Waals surface area contributed by atoms with Crippen molar-refractivity contribution in [3.05, 3.63) is 76.8 Å². The van der Waals surface area contributed by atoms with Gasteiger partial charge >= 0.3 is 0 Å². The van der Waals surface area contributed by atoms with Crippen molar-refractivity contribution in [2.24, 2.45) is 5.10 Å². The average molecular weight is 337 g/mol. The van der Waals surface area contributed by atoms with Crippen LogP contribution in [0.1, 0.15) is 23.7 Å². The predicted octanol–water partition coefficient (Wildman–Crippen LogP) is 4.87. The minimum Gasteiger partial charge on any atom is -0.489 e. The smallest absolute Gasteiger partial charge is 0.203 e. The Morgan fingerprint density at radius 2 is 1.88 bits per heavy atom. The molecule has 0 amide bonds. The lowest BCUT2D eigenvalue weighted by atomic mass is 10.1. The molecular formula is C19H19N3OS. The van der Waals surface area contributed by atoms with Gasteiger partial charge in [-0.2, -0.15) is 5.10 Å². The van der Waals surface area contributed by atoms with Crippen LogP contribution in [0, 0.1) is 6.92 Å². The van der Waals surface area contributed by atoms with E-state index >= 15 is 0 Å². The second kappa shape index (κ2) is 7.75. The zero-order valence-corrected chi connectivity index (χ0v) is 14.5. The molecule has 1 aromatic heterocycles. The van der Waals surface area contributed by atoms with Gasteiger partial charge in [-0.05, 0) is 49.2 Å². The summed E-state index contributed by atoms with van der Waals surface area (Å²) in [6, 6.07) is 18.1. The SMILES string of the molecule is C/C(=N/Nc1nc(C)cs1)c1ccc(OCc2ccccc2)cc1. The summed E-state index contributed by atoms with van der Waals surface area (Å²) >= 11 is 1.54. The van der Waals surface area contributed by atoms with Crippen LogP contribution < -0.4 is 10.2 Å². The van der Waals surface area contributed by atoms with Gasteiger partial charge in [-0.1, -0.05) is 30.3 Å². The molecule has 0 saturated carbocycles. The zero-order chi connectivity index (χ0) is 16.8. The zero-order valence-electron chi connectivity index (χ0n) is 13.7. The number of aromatic nitrogens is 1. The number of benzene rings is 2. The van der Waals surface area contributed by atoms with E-state index in [0.29, 0.717) is 6.61 Å². The molecule has 3 rings (SSSR count). The number of nitrogens with zero attached hydrogens (tertiary/aromatic N) is 2. The quantitative estimate of drug-likeness (QED) is 0.516. The molecule has 0 unspecified atom stereocenters. The van der Waals surface area contributed by atoms with Gasteiger partial charge < -0.3 is 4.74 Å². The first-order valence-corrected chi connectivity index (χ1v) is 8.58. The van der Waals surface area contributed by atoms with Crippen LogP contribution >= 0.6 is 11.3 Å². The minimum atomic E-state index is 0.568. The van der Waals surface area contributed by atoms with Gasteiger partial charge in [-0.25, -0.2) is 4.98 Å². The molecule has 4 nitrogen and oxygen atoms in total. The highest BCUT2D eigenvalue weighted by Crippen LogP contribution is 2.16. The van der Waals surface area contributed by atoms with E-state index in [1.165, 1.54) is 0 Å². The molecule has 0 saturated heterocycles. The third-order valence-electron chi connectivity index (χ3n) is 3.46. The highest BCUT2D eigenvalue weighted by atomic mass is 32.1.